The van der Waals surface area contributed by atoms with Gasteiger partial charge in [0.2, 0.25) is 15.7 Å². The van der Waals surface area contributed by atoms with E-state index in [4.69, 9.17) is 10.5 Å². The molecule has 1 atom stereocenters. The molecule has 43 heavy (non-hydrogen) atoms. The maximum atomic E-state index is 13.5. The topological polar surface area (TPSA) is 153 Å². The number of rotatable bonds is 5. The summed E-state index contributed by atoms with van der Waals surface area (Å²) in [5.74, 6) is 0.540. The average Bonchev–Trinajstić information content (AvgIpc) is 3.02. The molecule has 0 aliphatic carbocycles. The molecule has 1 unspecified atom stereocenters. The van der Waals surface area contributed by atoms with Crippen LogP contribution in [-0.2, 0) is 19.4 Å². The monoisotopic (exact) mass is 601 g/mol. The molecule has 2 aliphatic heterocycles. The minimum Gasteiger partial charge on any atom is -0.382 e. The number of hydrogen-bond acceptors (Lipinski definition) is 10. The van der Waals surface area contributed by atoms with Gasteiger partial charge in [0, 0.05) is 20.3 Å². The van der Waals surface area contributed by atoms with E-state index in [9.17, 15) is 13.2 Å². The molecule has 0 spiro atoms. The Hall–Kier alpha value is -4.42. The largest absolute Gasteiger partial charge is 0.382 e. The number of nitrogens with zero attached hydrogens (tertiary/aromatic N) is 5. The smallest absolute Gasteiger partial charge is 0.233 e. The van der Waals surface area contributed by atoms with E-state index in [1.54, 1.807) is 48.5 Å². The highest BCUT2D eigenvalue weighted by atomic mass is 32.2. The number of amides is 1. The van der Waals surface area contributed by atoms with E-state index in [2.05, 4.69) is 25.7 Å². The van der Waals surface area contributed by atoms with Crippen molar-refractivity contribution in [1.29, 1.82) is 0 Å². The van der Waals surface area contributed by atoms with E-state index in [1.807, 2.05) is 44.0 Å². The molecule has 1 fully saturated rings. The number of carbonyl (C=O) groups is 1. The first-order valence-corrected chi connectivity index (χ1v) is 15.6. The molecule has 0 bridgehead atoms. The zero-order chi connectivity index (χ0) is 30.6. The Kier molecular flexibility index (Phi) is 8.97. The second kappa shape index (κ2) is 12.8. The highest BCUT2D eigenvalue weighted by Gasteiger charge is 2.34. The van der Waals surface area contributed by atoms with Gasteiger partial charge in [0.25, 0.3) is 0 Å². The van der Waals surface area contributed by atoms with Crippen LogP contribution in [0.3, 0.4) is 0 Å². The summed E-state index contributed by atoms with van der Waals surface area (Å²) in [7, 11) is -1.80. The van der Waals surface area contributed by atoms with Gasteiger partial charge < -0.3 is 20.7 Å². The summed E-state index contributed by atoms with van der Waals surface area (Å²) < 4.78 is 32.1. The normalized spacial score (nSPS) is 16.2. The fourth-order valence-corrected chi connectivity index (χ4v) is 6.94. The number of aromatic nitrogens is 4. The lowest BCUT2D eigenvalue weighted by Crippen LogP contribution is -2.27. The van der Waals surface area contributed by atoms with Crippen molar-refractivity contribution >= 4 is 38.8 Å². The van der Waals surface area contributed by atoms with Crippen LogP contribution in [0.2, 0.25) is 0 Å². The van der Waals surface area contributed by atoms with Crippen LogP contribution < -0.4 is 16.0 Å². The third-order valence-electron chi connectivity index (χ3n) is 7.65. The molecule has 0 saturated carbocycles. The van der Waals surface area contributed by atoms with Gasteiger partial charge in [-0.1, -0.05) is 18.2 Å². The molecule has 12 heteroatoms. The summed E-state index contributed by atoms with van der Waals surface area (Å²) in [6.07, 6.45) is 2.42. The molecular weight excluding hydrogens is 566 g/mol. The molecule has 2 aliphatic rings. The first-order valence-electron chi connectivity index (χ1n) is 14.1. The molecule has 11 nitrogen and oxygen atoms in total. The molecule has 2 aromatic carbocycles. The zero-order valence-corrected chi connectivity index (χ0v) is 25.2. The van der Waals surface area contributed by atoms with Gasteiger partial charge in [-0.25, -0.2) is 8.42 Å². The lowest BCUT2D eigenvalue weighted by atomic mass is 9.84. The second-order valence-electron chi connectivity index (χ2n) is 10.8. The van der Waals surface area contributed by atoms with Gasteiger partial charge in [-0.3, -0.25) is 4.79 Å². The number of anilines is 4. The maximum absolute atomic E-state index is 13.5. The van der Waals surface area contributed by atoms with Crippen LogP contribution in [0.15, 0.2) is 76.5 Å². The summed E-state index contributed by atoms with van der Waals surface area (Å²) >= 11 is 0. The van der Waals surface area contributed by atoms with Crippen LogP contribution in [0.4, 0.5) is 23.0 Å². The lowest BCUT2D eigenvalue weighted by Gasteiger charge is -2.31. The first kappa shape index (κ1) is 30.1. The van der Waals surface area contributed by atoms with E-state index >= 15 is 0 Å². The minimum atomic E-state index is -3.65. The third-order valence-corrected chi connectivity index (χ3v) is 9.49. The zero-order valence-electron chi connectivity index (χ0n) is 24.4. The second-order valence-corrected chi connectivity index (χ2v) is 12.6. The number of sulfone groups is 1. The number of aryl methyl sites for hydroxylation is 2. The van der Waals surface area contributed by atoms with Gasteiger partial charge in [0.05, 0.1) is 38.5 Å². The van der Waals surface area contributed by atoms with Gasteiger partial charge >= 0.3 is 0 Å². The number of carbonyl (C=O) groups excluding carboxylic acids is 1. The lowest BCUT2D eigenvalue weighted by molar-refractivity contribution is -0.118. The Morgan fingerprint density at radius 3 is 2.26 bits per heavy atom. The Morgan fingerprint density at radius 2 is 1.60 bits per heavy atom. The molecule has 4 heterocycles. The van der Waals surface area contributed by atoms with Crippen LogP contribution in [0, 0.1) is 19.8 Å². The predicted octanol–water partition coefficient (Wildman–Crippen LogP) is 4.61. The number of ether oxygens (including phenoxy) is 1. The molecule has 3 N–H and O–H groups in total. The van der Waals surface area contributed by atoms with Gasteiger partial charge in [0.1, 0.15) is 5.82 Å². The van der Waals surface area contributed by atoms with E-state index in [0.717, 1.165) is 29.8 Å². The van der Waals surface area contributed by atoms with E-state index in [0.29, 0.717) is 48.6 Å². The van der Waals surface area contributed by atoms with Crippen molar-refractivity contribution < 1.29 is 17.9 Å². The molecule has 1 saturated heterocycles. The summed E-state index contributed by atoms with van der Waals surface area (Å²) in [4.78, 5) is 15.9. The number of hydrogen-bond donors (Lipinski definition) is 2. The molecule has 6 rings (SSSR count). The number of benzene rings is 2. The van der Waals surface area contributed by atoms with Crippen LogP contribution in [-0.4, -0.2) is 55.0 Å². The predicted molar refractivity (Wildman–Crippen MR) is 164 cm³/mol. The number of nitrogens with two attached hydrogens (primary N) is 1. The Balaban J connectivity index is 0.000000400. The number of nitrogens with one attached hydrogen (secondary N) is 1. The van der Waals surface area contributed by atoms with Gasteiger partial charge in [-0.15, -0.1) is 10.2 Å². The van der Waals surface area contributed by atoms with Crippen LogP contribution >= 0.6 is 0 Å². The van der Waals surface area contributed by atoms with Crippen LogP contribution in [0.1, 0.15) is 42.1 Å². The van der Waals surface area contributed by atoms with Crippen molar-refractivity contribution in [2.45, 2.75) is 48.8 Å². The van der Waals surface area contributed by atoms with Crippen molar-refractivity contribution in [2.75, 3.05) is 36.2 Å². The highest BCUT2D eigenvalue weighted by Crippen LogP contribution is 2.44. The van der Waals surface area contributed by atoms with Crippen molar-refractivity contribution in [3.05, 3.63) is 83.7 Å². The Bertz CT molecular complexity index is 1670. The Labute approximate surface area is 251 Å². The van der Waals surface area contributed by atoms with E-state index in [1.165, 1.54) is 0 Å². The SMILES string of the molecule is Cc1ccc(N)nn1.Cc1ccc(NC(=O)C(CC2CCOCC2)c2ccc3c(c2)N(C)c2ccccc2S3(=O)=O)nn1. The van der Waals surface area contributed by atoms with Crippen molar-refractivity contribution in [2.24, 2.45) is 5.92 Å². The maximum Gasteiger partial charge on any atom is 0.233 e. The van der Waals surface area contributed by atoms with E-state index < -0.39 is 15.8 Å². The van der Waals surface area contributed by atoms with Crippen molar-refractivity contribution in [1.82, 2.24) is 20.4 Å². The number of nitrogen functional groups attached to an aromatic ring is 1. The van der Waals surface area contributed by atoms with Crippen LogP contribution in [0.5, 0.6) is 0 Å². The van der Waals surface area contributed by atoms with E-state index in [-0.39, 0.29) is 15.7 Å². The van der Waals surface area contributed by atoms with Crippen molar-refractivity contribution in [3.8, 4) is 0 Å². The van der Waals surface area contributed by atoms with Crippen LogP contribution in [0.25, 0.3) is 0 Å². The third kappa shape index (κ3) is 6.81. The fourth-order valence-electron chi connectivity index (χ4n) is 5.25. The first-order chi connectivity index (χ1) is 20.6. The van der Waals surface area contributed by atoms with Gasteiger partial charge in [0.15, 0.2) is 5.82 Å². The van der Waals surface area contributed by atoms with Gasteiger partial charge in [-0.2, -0.15) is 10.2 Å². The standard InChI is InChI=1S/C26H28N4O4S.C5H7N3/c1-17-7-10-25(29-28-17)27-26(31)20(15-18-11-13-34-14-12-18)19-8-9-24-22(16-19)30(2)21-5-3-4-6-23(21)35(24,32)33;1-4-2-3-5(6)8-7-4/h3-10,16,18,20H,11-15H2,1-2H3,(H,27,29,31);2-3H,1H3,(H2,6,8). The summed E-state index contributed by atoms with van der Waals surface area (Å²) in [6.45, 7) is 5.07. The quantitative estimate of drug-likeness (QED) is 0.332. The number of para-hydroxylation sites is 1. The highest BCUT2D eigenvalue weighted by molar-refractivity contribution is 7.92. The molecular formula is C31H35N7O4S. The van der Waals surface area contributed by atoms with Gasteiger partial charge in [-0.05, 0) is 93.1 Å². The molecule has 2 aromatic heterocycles. The Morgan fingerprint density at radius 1 is 0.930 bits per heavy atom. The molecule has 224 valence electrons. The molecule has 4 aromatic rings. The molecule has 0 radical (unpaired) electrons. The minimum absolute atomic E-state index is 0.184. The summed E-state index contributed by atoms with van der Waals surface area (Å²) in [5.41, 5.74) is 8.87. The summed E-state index contributed by atoms with van der Waals surface area (Å²) in [6, 6.07) is 19.3. The summed E-state index contributed by atoms with van der Waals surface area (Å²) in [5, 5.41) is 18.3. The number of fused-ring (bicyclic) bond motifs is 2. The van der Waals surface area contributed by atoms with Crippen molar-refractivity contribution in [3.63, 3.8) is 0 Å². The average molecular weight is 602 g/mol. The fraction of sp³-hybridized carbons (Fsp3) is 0.323. The molecule has 1 amide bonds.